The molecular formula is C9H4Cl2NO2. The van der Waals surface area contributed by atoms with Crippen molar-refractivity contribution in [3.8, 4) is 11.8 Å². The largest absolute Gasteiger partial charge is 0.409 e. The number of rotatable bonds is 2. The Morgan fingerprint density at radius 3 is 2.93 bits per heavy atom. The number of nitrogens with zero attached hydrogens (tertiary/aromatic N) is 1. The van der Waals surface area contributed by atoms with Crippen molar-refractivity contribution in [3.05, 3.63) is 40.7 Å². The molecule has 1 aromatic heterocycles. The molecule has 0 aliphatic heterocycles. The number of aromatic nitrogens is 1. The minimum Gasteiger partial charge on any atom is -0.409 e. The fourth-order valence-electron chi connectivity index (χ4n) is 0.886. The molecule has 71 valence electrons. The van der Waals surface area contributed by atoms with Crippen LogP contribution < -0.4 is 4.74 Å². The summed E-state index contributed by atoms with van der Waals surface area (Å²) >= 11 is 11.7. The van der Waals surface area contributed by atoms with E-state index in [9.17, 15) is 0 Å². The van der Waals surface area contributed by atoms with E-state index in [1.807, 2.05) is 0 Å². The summed E-state index contributed by atoms with van der Waals surface area (Å²) in [7, 11) is 0. The van der Waals surface area contributed by atoms with Gasteiger partial charge in [0.15, 0.2) is 12.0 Å². The summed E-state index contributed by atoms with van der Waals surface area (Å²) in [6, 6.07) is 5.05. The first kappa shape index (κ1) is 9.37. The van der Waals surface area contributed by atoms with Crippen molar-refractivity contribution in [2.24, 2.45) is 0 Å². The van der Waals surface area contributed by atoms with Crippen LogP contribution in [0.5, 0.6) is 11.8 Å². The Bertz CT molecular complexity index is 428. The molecule has 0 unspecified atom stereocenters. The van der Waals surface area contributed by atoms with Gasteiger partial charge in [-0.2, -0.15) is 4.98 Å². The van der Waals surface area contributed by atoms with E-state index in [2.05, 4.69) is 11.2 Å². The van der Waals surface area contributed by atoms with E-state index in [1.54, 1.807) is 18.2 Å². The molecule has 1 heterocycles. The van der Waals surface area contributed by atoms with Crippen molar-refractivity contribution in [3.63, 3.8) is 0 Å². The van der Waals surface area contributed by atoms with Gasteiger partial charge in [0.2, 0.25) is 0 Å². The Morgan fingerprint density at radius 2 is 2.21 bits per heavy atom. The highest BCUT2D eigenvalue weighted by molar-refractivity contribution is 6.42. The highest BCUT2D eigenvalue weighted by atomic mass is 35.5. The summed E-state index contributed by atoms with van der Waals surface area (Å²) in [5.41, 5.74) is 0. The van der Waals surface area contributed by atoms with E-state index < -0.39 is 0 Å². The van der Waals surface area contributed by atoms with Gasteiger partial charge in [-0.1, -0.05) is 29.3 Å². The smallest absolute Gasteiger partial charge is 0.399 e. The SMILES string of the molecule is Clc1cccc(Oc2nc[c]o2)c1Cl. The first-order chi connectivity index (χ1) is 6.77. The molecule has 0 atom stereocenters. The molecule has 1 radical (unpaired) electrons. The first-order valence-electron chi connectivity index (χ1n) is 3.71. The Hall–Kier alpha value is -1.19. The zero-order valence-corrected chi connectivity index (χ0v) is 8.34. The summed E-state index contributed by atoms with van der Waals surface area (Å²) in [4.78, 5) is 3.74. The molecule has 0 N–H and O–H groups in total. The highest BCUT2D eigenvalue weighted by Gasteiger charge is 2.08. The molecule has 2 rings (SSSR count). The molecule has 0 bridgehead atoms. The maximum Gasteiger partial charge on any atom is 0.399 e. The van der Waals surface area contributed by atoms with E-state index in [1.165, 1.54) is 6.20 Å². The van der Waals surface area contributed by atoms with Crippen molar-refractivity contribution in [1.29, 1.82) is 0 Å². The molecule has 0 saturated heterocycles. The van der Waals surface area contributed by atoms with Crippen molar-refractivity contribution in [2.75, 3.05) is 0 Å². The van der Waals surface area contributed by atoms with Crippen LogP contribution in [0.15, 0.2) is 28.8 Å². The minimum atomic E-state index is 0.0779. The predicted octanol–water partition coefficient (Wildman–Crippen LogP) is 3.57. The van der Waals surface area contributed by atoms with Crippen LogP contribution in [-0.4, -0.2) is 4.98 Å². The monoisotopic (exact) mass is 228 g/mol. The molecule has 2 aromatic rings. The number of ether oxygens (including phenoxy) is 1. The van der Waals surface area contributed by atoms with Crippen LogP contribution in [0.25, 0.3) is 0 Å². The van der Waals surface area contributed by atoms with Crippen molar-refractivity contribution >= 4 is 23.2 Å². The van der Waals surface area contributed by atoms with Gasteiger partial charge in [-0.05, 0) is 12.1 Å². The van der Waals surface area contributed by atoms with Gasteiger partial charge in [0.25, 0.3) is 0 Å². The standard InChI is InChI=1S/C9H4Cl2NO2/c10-6-2-1-3-7(8(6)11)14-9-12-4-5-13-9/h1-4H. The Kier molecular flexibility index (Phi) is 2.61. The summed E-state index contributed by atoms with van der Waals surface area (Å²) in [6.07, 6.45) is 3.83. The second kappa shape index (κ2) is 3.90. The van der Waals surface area contributed by atoms with Gasteiger partial charge in [-0.15, -0.1) is 0 Å². The van der Waals surface area contributed by atoms with E-state index in [0.29, 0.717) is 15.8 Å². The Morgan fingerprint density at radius 1 is 1.36 bits per heavy atom. The molecule has 0 fully saturated rings. The van der Waals surface area contributed by atoms with Crippen molar-refractivity contribution in [2.45, 2.75) is 0 Å². The number of halogens is 2. The fourth-order valence-corrected chi connectivity index (χ4v) is 1.22. The van der Waals surface area contributed by atoms with Crippen LogP contribution in [0.1, 0.15) is 0 Å². The first-order valence-corrected chi connectivity index (χ1v) is 4.46. The maximum absolute atomic E-state index is 5.87. The fraction of sp³-hybridized carbons (Fsp3) is 0. The molecule has 5 heteroatoms. The average molecular weight is 229 g/mol. The van der Waals surface area contributed by atoms with Crippen LogP contribution in [0, 0.1) is 6.26 Å². The third-order valence-corrected chi connectivity index (χ3v) is 2.28. The number of benzene rings is 1. The maximum atomic E-state index is 5.87. The third kappa shape index (κ3) is 1.84. The lowest BCUT2D eigenvalue weighted by atomic mass is 10.3. The lowest BCUT2D eigenvalue weighted by molar-refractivity contribution is 0.328. The van der Waals surface area contributed by atoms with Crippen LogP contribution in [0.4, 0.5) is 0 Å². The zero-order chi connectivity index (χ0) is 9.97. The van der Waals surface area contributed by atoms with E-state index in [4.69, 9.17) is 32.4 Å². The molecule has 14 heavy (non-hydrogen) atoms. The lowest BCUT2D eigenvalue weighted by Crippen LogP contribution is -1.84. The highest BCUT2D eigenvalue weighted by Crippen LogP contribution is 2.33. The van der Waals surface area contributed by atoms with Gasteiger partial charge in [0.1, 0.15) is 5.02 Å². The van der Waals surface area contributed by atoms with Crippen molar-refractivity contribution < 1.29 is 9.15 Å². The normalized spacial score (nSPS) is 10.1. The summed E-state index contributed by atoms with van der Waals surface area (Å²) < 4.78 is 9.98. The Balaban J connectivity index is 2.29. The molecule has 0 aliphatic carbocycles. The van der Waals surface area contributed by atoms with E-state index >= 15 is 0 Å². The Labute approximate surface area is 90.2 Å². The van der Waals surface area contributed by atoms with E-state index in [0.717, 1.165) is 0 Å². The van der Waals surface area contributed by atoms with Gasteiger partial charge in [-0.25, -0.2) is 0 Å². The quantitative estimate of drug-likeness (QED) is 0.789. The number of hydrogen-bond acceptors (Lipinski definition) is 3. The van der Waals surface area contributed by atoms with Crippen LogP contribution >= 0.6 is 23.2 Å². The molecule has 0 spiro atoms. The van der Waals surface area contributed by atoms with Gasteiger partial charge in [-0.3, -0.25) is 0 Å². The molecule has 0 aliphatic rings. The number of oxazole rings is 1. The molecule has 3 nitrogen and oxygen atoms in total. The van der Waals surface area contributed by atoms with E-state index in [-0.39, 0.29) is 6.08 Å². The molecule has 0 amide bonds. The second-order valence-electron chi connectivity index (χ2n) is 2.40. The second-order valence-corrected chi connectivity index (χ2v) is 3.18. The van der Waals surface area contributed by atoms with Crippen LogP contribution in [0.3, 0.4) is 0 Å². The summed E-state index contributed by atoms with van der Waals surface area (Å²) in [5.74, 6) is 0.398. The van der Waals surface area contributed by atoms with Gasteiger partial charge in [0.05, 0.1) is 11.2 Å². The van der Waals surface area contributed by atoms with Crippen molar-refractivity contribution in [1.82, 2.24) is 4.98 Å². The van der Waals surface area contributed by atoms with Gasteiger partial charge >= 0.3 is 6.08 Å². The van der Waals surface area contributed by atoms with Gasteiger partial charge in [0, 0.05) is 0 Å². The third-order valence-electron chi connectivity index (χ3n) is 1.48. The van der Waals surface area contributed by atoms with Crippen LogP contribution in [-0.2, 0) is 0 Å². The summed E-state index contributed by atoms with van der Waals surface area (Å²) in [6.45, 7) is 0. The number of hydrogen-bond donors (Lipinski definition) is 0. The molecule has 0 saturated carbocycles. The predicted molar refractivity (Wildman–Crippen MR) is 51.9 cm³/mol. The lowest BCUT2D eigenvalue weighted by Gasteiger charge is -2.03. The summed E-state index contributed by atoms with van der Waals surface area (Å²) in [5, 5.41) is 0.743. The molecule has 1 aromatic carbocycles. The topological polar surface area (TPSA) is 35.3 Å². The zero-order valence-electron chi connectivity index (χ0n) is 6.83. The van der Waals surface area contributed by atoms with Crippen LogP contribution in [0.2, 0.25) is 10.0 Å². The average Bonchev–Trinajstić information content (AvgIpc) is 2.66. The minimum absolute atomic E-state index is 0.0779. The molecular weight excluding hydrogens is 225 g/mol. The van der Waals surface area contributed by atoms with Gasteiger partial charge < -0.3 is 9.15 Å².